The highest BCUT2D eigenvalue weighted by Crippen LogP contribution is 2.53. The number of nitrogens with zero attached hydrogens (tertiary/aromatic N) is 1. The van der Waals surface area contributed by atoms with Crippen molar-refractivity contribution in [2.75, 3.05) is 0 Å². The number of aromatic amines is 1. The van der Waals surface area contributed by atoms with Gasteiger partial charge >= 0.3 is 0 Å². The normalized spacial score (nSPS) is 27.0. The van der Waals surface area contributed by atoms with Gasteiger partial charge in [0.1, 0.15) is 5.69 Å². The molecule has 5 nitrogen and oxygen atoms in total. The van der Waals surface area contributed by atoms with Gasteiger partial charge in [-0.3, -0.25) is 14.6 Å². The molecule has 5 rings (SSSR count). The molecule has 0 spiro atoms. The molecule has 6 heteroatoms. The molecule has 0 saturated heterocycles. The maximum Gasteiger partial charge on any atom is 0.268 e. The number of rotatable bonds is 3. The topological polar surface area (TPSA) is 88.8 Å². The first-order valence-electron chi connectivity index (χ1n) is 11.8. The number of nitrogens with two attached hydrogens (primary N) is 1. The maximum absolute atomic E-state index is 12.9. The summed E-state index contributed by atoms with van der Waals surface area (Å²) < 4.78 is 0. The molecule has 2 heterocycles. The van der Waals surface area contributed by atoms with E-state index in [4.69, 9.17) is 17.3 Å². The van der Waals surface area contributed by atoms with Gasteiger partial charge in [0.2, 0.25) is 0 Å². The number of H-pyrrole nitrogens is 1. The fraction of sp³-hybridized carbons (Fsp3) is 0.444. The second kappa shape index (κ2) is 8.28. The highest BCUT2D eigenvalue weighted by molar-refractivity contribution is 6.31. The number of fused-ring (bicyclic) bond motifs is 3. The Kier molecular flexibility index (Phi) is 5.56. The molecule has 2 fully saturated rings. The van der Waals surface area contributed by atoms with Crippen LogP contribution in [0, 0.1) is 30.6 Å². The summed E-state index contributed by atoms with van der Waals surface area (Å²) >= 11 is 6.92. The lowest BCUT2D eigenvalue weighted by Crippen LogP contribution is -2.35. The maximum atomic E-state index is 12.9. The average molecular weight is 464 g/mol. The third-order valence-corrected chi connectivity index (χ3v) is 8.20. The number of hydrogen-bond donors (Lipinski definition) is 2. The molecule has 2 aliphatic rings. The number of pyridine rings is 2. The molecule has 2 saturated carbocycles. The quantitative estimate of drug-likeness (QED) is 0.512. The largest absolute Gasteiger partial charge is 0.364 e. The molecule has 3 aromatic rings. The zero-order valence-electron chi connectivity index (χ0n) is 19.3. The van der Waals surface area contributed by atoms with Crippen molar-refractivity contribution in [3.63, 3.8) is 0 Å². The summed E-state index contributed by atoms with van der Waals surface area (Å²) in [6, 6.07) is 7.40. The summed E-state index contributed by atoms with van der Waals surface area (Å²) in [7, 11) is 0. The Morgan fingerprint density at radius 1 is 1.15 bits per heavy atom. The van der Waals surface area contributed by atoms with E-state index in [1.807, 2.05) is 6.07 Å². The zero-order chi connectivity index (χ0) is 23.4. The van der Waals surface area contributed by atoms with E-state index in [-0.39, 0.29) is 16.5 Å². The van der Waals surface area contributed by atoms with Crippen LogP contribution in [0.2, 0.25) is 5.02 Å². The van der Waals surface area contributed by atoms with E-state index in [1.54, 1.807) is 6.07 Å². The van der Waals surface area contributed by atoms with Crippen LogP contribution in [0.3, 0.4) is 0 Å². The number of halogens is 1. The first-order valence-corrected chi connectivity index (χ1v) is 12.2. The lowest BCUT2D eigenvalue weighted by molar-refractivity contribution is 0.0854. The number of nitrogens with one attached hydrogen (secondary N) is 1. The van der Waals surface area contributed by atoms with Crippen LogP contribution in [-0.2, 0) is 0 Å². The standard InChI is InChI=1S/C27H30ClN3O2/c1-13-6-16-8-15(3)24(17(7-13)10-16)19-9-14(2)18(11-20(19)28)22-12-23(32)25-21(31-22)4-5-30-26(25)27(29)33/h4-5,9,11-13,15-17,24H,6-8,10H2,1-3H3,(H2,29,33)(H,31,32). The third-order valence-electron chi connectivity index (χ3n) is 7.87. The van der Waals surface area contributed by atoms with Crippen molar-refractivity contribution in [2.45, 2.75) is 52.4 Å². The van der Waals surface area contributed by atoms with Crippen LogP contribution in [0.1, 0.15) is 67.1 Å². The predicted octanol–water partition coefficient (Wildman–Crippen LogP) is 5.83. The smallest absolute Gasteiger partial charge is 0.268 e. The number of aromatic nitrogens is 2. The van der Waals surface area contributed by atoms with Crippen LogP contribution in [0.4, 0.5) is 0 Å². The number of benzene rings is 1. The zero-order valence-corrected chi connectivity index (χ0v) is 20.1. The number of hydrogen-bond acceptors (Lipinski definition) is 3. The van der Waals surface area contributed by atoms with E-state index >= 15 is 0 Å². The lowest BCUT2D eigenvalue weighted by Gasteiger charge is -2.47. The summed E-state index contributed by atoms with van der Waals surface area (Å²) in [5.74, 6) is 2.69. The Balaban J connectivity index is 1.58. The van der Waals surface area contributed by atoms with Gasteiger partial charge in [0.25, 0.3) is 5.91 Å². The molecule has 2 aliphatic carbocycles. The highest BCUT2D eigenvalue weighted by Gasteiger charge is 2.41. The SMILES string of the molecule is Cc1cc(C2C(C)CC3CC(C)CC2C3)c(Cl)cc1-c1cc(=O)c2c(C(N)=O)nccc2[nH]1. The number of carbonyl (C=O) groups is 1. The first kappa shape index (κ1) is 22.1. The van der Waals surface area contributed by atoms with E-state index in [9.17, 15) is 9.59 Å². The molecule has 1 aromatic carbocycles. The molecule has 5 atom stereocenters. The molecule has 2 bridgehead atoms. The van der Waals surface area contributed by atoms with Crippen molar-refractivity contribution >= 4 is 28.4 Å². The van der Waals surface area contributed by atoms with E-state index in [0.717, 1.165) is 28.0 Å². The Morgan fingerprint density at radius 2 is 1.94 bits per heavy atom. The first-order chi connectivity index (χ1) is 15.7. The van der Waals surface area contributed by atoms with Gasteiger partial charge in [-0.15, -0.1) is 0 Å². The molecular weight excluding hydrogens is 434 g/mol. The summed E-state index contributed by atoms with van der Waals surface area (Å²) in [4.78, 5) is 31.9. The van der Waals surface area contributed by atoms with Crippen molar-refractivity contribution in [1.82, 2.24) is 9.97 Å². The Morgan fingerprint density at radius 3 is 2.70 bits per heavy atom. The summed E-state index contributed by atoms with van der Waals surface area (Å²) in [5, 5.41) is 0.976. The Labute approximate surface area is 198 Å². The monoisotopic (exact) mass is 463 g/mol. The Hall–Kier alpha value is -2.66. The van der Waals surface area contributed by atoms with Crippen LogP contribution < -0.4 is 11.2 Å². The van der Waals surface area contributed by atoms with Gasteiger partial charge in [-0.05, 0) is 85.5 Å². The summed E-state index contributed by atoms with van der Waals surface area (Å²) in [6.07, 6.45) is 6.70. The van der Waals surface area contributed by atoms with Crippen molar-refractivity contribution in [3.05, 3.63) is 62.5 Å². The van der Waals surface area contributed by atoms with Crippen molar-refractivity contribution < 1.29 is 4.79 Å². The molecule has 0 aliphatic heterocycles. The minimum absolute atomic E-state index is 0.0169. The molecule has 172 valence electrons. The van der Waals surface area contributed by atoms with Gasteiger partial charge in [-0.1, -0.05) is 31.5 Å². The van der Waals surface area contributed by atoms with Gasteiger partial charge in [0, 0.05) is 22.8 Å². The molecule has 0 radical (unpaired) electrons. The average Bonchev–Trinajstić information content (AvgIpc) is 2.74. The molecule has 33 heavy (non-hydrogen) atoms. The van der Waals surface area contributed by atoms with Crippen LogP contribution in [-0.4, -0.2) is 15.9 Å². The number of amides is 1. The minimum Gasteiger partial charge on any atom is -0.364 e. The molecule has 2 aromatic heterocycles. The number of carbonyl (C=O) groups excluding carboxylic acids is 1. The van der Waals surface area contributed by atoms with E-state index in [2.05, 4.69) is 36.8 Å². The second-order valence-corrected chi connectivity index (χ2v) is 10.8. The molecule has 3 N–H and O–H groups in total. The fourth-order valence-corrected chi connectivity index (χ4v) is 7.06. The van der Waals surface area contributed by atoms with Gasteiger partial charge in [-0.2, -0.15) is 0 Å². The Bertz CT molecular complexity index is 1310. The van der Waals surface area contributed by atoms with Crippen molar-refractivity contribution in [2.24, 2.45) is 29.4 Å². The van der Waals surface area contributed by atoms with E-state index < -0.39 is 5.91 Å². The highest BCUT2D eigenvalue weighted by atomic mass is 35.5. The minimum atomic E-state index is -0.719. The third kappa shape index (κ3) is 3.86. The van der Waals surface area contributed by atoms with Gasteiger partial charge < -0.3 is 10.7 Å². The second-order valence-electron chi connectivity index (χ2n) is 10.4. The molecule has 1 amide bonds. The van der Waals surface area contributed by atoms with Crippen molar-refractivity contribution in [3.8, 4) is 11.3 Å². The van der Waals surface area contributed by atoms with Gasteiger partial charge in [-0.25, -0.2) is 0 Å². The number of aryl methyl sites for hydroxylation is 1. The van der Waals surface area contributed by atoms with Crippen LogP contribution in [0.15, 0.2) is 35.3 Å². The van der Waals surface area contributed by atoms with Crippen LogP contribution in [0.5, 0.6) is 0 Å². The van der Waals surface area contributed by atoms with E-state index in [0.29, 0.717) is 29.0 Å². The summed E-state index contributed by atoms with van der Waals surface area (Å²) in [5.41, 5.74) is 9.51. The van der Waals surface area contributed by atoms with Crippen LogP contribution in [0.25, 0.3) is 22.2 Å². The van der Waals surface area contributed by atoms with Gasteiger partial charge in [0.05, 0.1) is 16.6 Å². The van der Waals surface area contributed by atoms with Crippen molar-refractivity contribution in [1.29, 1.82) is 0 Å². The van der Waals surface area contributed by atoms with Crippen LogP contribution >= 0.6 is 11.6 Å². The predicted molar refractivity (Wildman–Crippen MR) is 133 cm³/mol. The molecular formula is C27H30ClN3O2. The van der Waals surface area contributed by atoms with Gasteiger partial charge in [0.15, 0.2) is 5.43 Å². The molecule has 5 unspecified atom stereocenters. The van der Waals surface area contributed by atoms with E-state index in [1.165, 1.54) is 43.5 Å². The summed E-state index contributed by atoms with van der Waals surface area (Å²) in [6.45, 7) is 6.83. The number of primary amides is 1. The lowest BCUT2D eigenvalue weighted by atomic mass is 9.58. The fourth-order valence-electron chi connectivity index (χ4n) is 6.77.